The fourth-order valence-electron chi connectivity index (χ4n) is 1.25. The summed E-state index contributed by atoms with van der Waals surface area (Å²) in [5, 5.41) is 6.83. The molecule has 0 spiro atoms. The summed E-state index contributed by atoms with van der Waals surface area (Å²) in [5.41, 5.74) is 0.131. The van der Waals surface area contributed by atoms with Gasteiger partial charge in [-0.05, 0) is 17.7 Å². The van der Waals surface area contributed by atoms with Crippen molar-refractivity contribution in [3.05, 3.63) is 34.1 Å². The SMILES string of the molecule is O=[N+]([O-])c1ccc2nc(C(F)(F)Cl)[nH]c2c1. The predicted molar refractivity (Wildman–Crippen MR) is 52.5 cm³/mol. The highest BCUT2D eigenvalue weighted by Crippen LogP contribution is 2.31. The van der Waals surface area contributed by atoms with Crippen molar-refractivity contribution in [2.45, 2.75) is 5.38 Å². The Kier molecular flexibility index (Phi) is 2.27. The smallest absolute Gasteiger partial charge is 0.336 e. The van der Waals surface area contributed by atoms with Crippen LogP contribution in [0.1, 0.15) is 5.82 Å². The number of hydrogen-bond acceptors (Lipinski definition) is 3. The molecule has 16 heavy (non-hydrogen) atoms. The van der Waals surface area contributed by atoms with Gasteiger partial charge >= 0.3 is 5.38 Å². The lowest BCUT2D eigenvalue weighted by atomic mass is 10.3. The van der Waals surface area contributed by atoms with Gasteiger partial charge in [0.25, 0.3) is 5.69 Å². The van der Waals surface area contributed by atoms with Crippen molar-refractivity contribution in [1.29, 1.82) is 0 Å². The van der Waals surface area contributed by atoms with Gasteiger partial charge in [-0.2, -0.15) is 8.78 Å². The van der Waals surface area contributed by atoms with Crippen LogP contribution >= 0.6 is 11.6 Å². The number of nitro benzene ring substituents is 1. The van der Waals surface area contributed by atoms with Crippen LogP contribution in [0.5, 0.6) is 0 Å². The van der Waals surface area contributed by atoms with Crippen LogP contribution in [0.15, 0.2) is 18.2 Å². The van der Waals surface area contributed by atoms with Crippen molar-refractivity contribution in [3.63, 3.8) is 0 Å². The predicted octanol–water partition coefficient (Wildman–Crippen LogP) is 2.76. The molecule has 8 heteroatoms. The van der Waals surface area contributed by atoms with E-state index < -0.39 is 16.1 Å². The first-order chi connectivity index (χ1) is 7.38. The Morgan fingerprint density at radius 3 is 2.75 bits per heavy atom. The zero-order valence-corrected chi connectivity index (χ0v) is 8.33. The molecular formula is C8H4ClF2N3O2. The summed E-state index contributed by atoms with van der Waals surface area (Å²) < 4.78 is 25.4. The topological polar surface area (TPSA) is 71.8 Å². The van der Waals surface area contributed by atoms with Crippen molar-refractivity contribution in [1.82, 2.24) is 9.97 Å². The summed E-state index contributed by atoms with van der Waals surface area (Å²) in [6, 6.07) is 3.57. The van der Waals surface area contributed by atoms with Gasteiger partial charge in [-0.25, -0.2) is 4.98 Å². The van der Waals surface area contributed by atoms with Crippen LogP contribution in [0.25, 0.3) is 11.0 Å². The van der Waals surface area contributed by atoms with Crippen molar-refractivity contribution in [2.24, 2.45) is 0 Å². The van der Waals surface area contributed by atoms with Crippen molar-refractivity contribution in [3.8, 4) is 0 Å². The van der Waals surface area contributed by atoms with Gasteiger partial charge in [0.05, 0.1) is 16.0 Å². The summed E-state index contributed by atoms with van der Waals surface area (Å²) in [4.78, 5) is 15.6. The minimum atomic E-state index is -3.62. The number of nitro groups is 1. The molecule has 0 unspecified atom stereocenters. The van der Waals surface area contributed by atoms with E-state index in [2.05, 4.69) is 9.97 Å². The molecule has 0 amide bonds. The first kappa shape index (κ1) is 10.7. The van der Waals surface area contributed by atoms with Crippen LogP contribution < -0.4 is 0 Å². The molecule has 1 heterocycles. The fourth-order valence-corrected chi connectivity index (χ4v) is 1.33. The lowest BCUT2D eigenvalue weighted by Crippen LogP contribution is -2.05. The van der Waals surface area contributed by atoms with Crippen LogP contribution in [0.2, 0.25) is 0 Å². The largest absolute Gasteiger partial charge is 0.379 e. The Morgan fingerprint density at radius 1 is 1.50 bits per heavy atom. The van der Waals surface area contributed by atoms with E-state index in [4.69, 9.17) is 11.6 Å². The van der Waals surface area contributed by atoms with Crippen LogP contribution in [-0.2, 0) is 5.38 Å². The average Bonchev–Trinajstić information content (AvgIpc) is 2.58. The summed E-state index contributed by atoms with van der Waals surface area (Å²) >= 11 is 4.77. The number of nitrogens with zero attached hydrogens (tertiary/aromatic N) is 2. The molecule has 0 atom stereocenters. The quantitative estimate of drug-likeness (QED) is 0.504. The number of non-ortho nitro benzene ring substituents is 1. The minimum absolute atomic E-state index is 0.143. The van der Waals surface area contributed by atoms with E-state index in [1.807, 2.05) is 0 Å². The van der Waals surface area contributed by atoms with Crippen molar-refractivity contribution >= 4 is 28.3 Å². The second-order valence-electron chi connectivity index (χ2n) is 3.04. The van der Waals surface area contributed by atoms with E-state index in [1.54, 1.807) is 0 Å². The van der Waals surface area contributed by atoms with E-state index in [0.717, 1.165) is 6.07 Å². The van der Waals surface area contributed by atoms with E-state index >= 15 is 0 Å². The first-order valence-electron chi connectivity index (χ1n) is 4.09. The van der Waals surface area contributed by atoms with Crippen LogP contribution in [0.4, 0.5) is 14.5 Å². The highest BCUT2D eigenvalue weighted by atomic mass is 35.5. The number of nitrogens with one attached hydrogen (secondary N) is 1. The monoisotopic (exact) mass is 247 g/mol. The first-order valence-corrected chi connectivity index (χ1v) is 4.47. The molecule has 84 valence electrons. The molecule has 0 aliphatic rings. The van der Waals surface area contributed by atoms with Crippen LogP contribution in [0.3, 0.4) is 0 Å². The molecule has 1 aromatic heterocycles. The fraction of sp³-hybridized carbons (Fsp3) is 0.125. The molecule has 0 radical (unpaired) electrons. The zero-order chi connectivity index (χ0) is 11.9. The normalized spacial score (nSPS) is 11.9. The maximum absolute atomic E-state index is 12.7. The standard InChI is InChI=1S/C8H4ClF2N3O2/c9-8(10,11)7-12-5-2-1-4(14(15)16)3-6(5)13-7/h1-3H,(H,12,13). The maximum Gasteiger partial charge on any atom is 0.379 e. The second kappa shape index (κ2) is 3.38. The number of aromatic nitrogens is 2. The third-order valence-corrected chi connectivity index (χ3v) is 2.12. The molecular weight excluding hydrogens is 244 g/mol. The van der Waals surface area contributed by atoms with Gasteiger partial charge in [0.1, 0.15) is 0 Å². The van der Waals surface area contributed by atoms with Gasteiger partial charge in [0.2, 0.25) is 0 Å². The summed E-state index contributed by atoms with van der Waals surface area (Å²) in [5.74, 6) is -0.732. The number of H-pyrrole nitrogens is 1. The molecule has 5 nitrogen and oxygen atoms in total. The Hall–Kier alpha value is -1.76. The average molecular weight is 248 g/mol. The number of rotatable bonds is 2. The molecule has 0 aliphatic carbocycles. The molecule has 0 aliphatic heterocycles. The lowest BCUT2D eigenvalue weighted by Gasteiger charge is -2.00. The van der Waals surface area contributed by atoms with Crippen LogP contribution in [0, 0.1) is 10.1 Å². The molecule has 0 bridgehead atoms. The highest BCUT2D eigenvalue weighted by molar-refractivity contribution is 6.21. The molecule has 2 rings (SSSR count). The number of imidazole rings is 1. The molecule has 0 saturated carbocycles. The second-order valence-corrected chi connectivity index (χ2v) is 3.52. The summed E-state index contributed by atoms with van der Waals surface area (Å²) in [7, 11) is 0. The van der Waals surface area contributed by atoms with E-state index in [0.29, 0.717) is 0 Å². The van der Waals surface area contributed by atoms with Crippen LogP contribution in [-0.4, -0.2) is 14.9 Å². The van der Waals surface area contributed by atoms with Gasteiger partial charge in [0, 0.05) is 12.1 Å². The van der Waals surface area contributed by atoms with Gasteiger partial charge in [-0.3, -0.25) is 10.1 Å². The number of benzene rings is 1. The Balaban J connectivity index is 2.59. The molecule has 0 saturated heterocycles. The lowest BCUT2D eigenvalue weighted by molar-refractivity contribution is -0.384. The number of aromatic amines is 1. The number of halogens is 3. The molecule has 1 N–H and O–H groups in total. The van der Waals surface area contributed by atoms with Gasteiger partial charge < -0.3 is 4.98 Å². The van der Waals surface area contributed by atoms with Crippen molar-refractivity contribution in [2.75, 3.05) is 0 Å². The number of hydrogen-bond donors (Lipinski definition) is 1. The van der Waals surface area contributed by atoms with Gasteiger partial charge in [-0.1, -0.05) is 0 Å². The van der Waals surface area contributed by atoms with Gasteiger partial charge in [0.15, 0.2) is 5.82 Å². The van der Waals surface area contributed by atoms with E-state index in [1.165, 1.54) is 12.1 Å². The summed E-state index contributed by atoms with van der Waals surface area (Å²) in [6.45, 7) is 0. The Labute approximate surface area is 92.2 Å². The molecule has 0 fully saturated rings. The summed E-state index contributed by atoms with van der Waals surface area (Å²) in [6.07, 6.45) is 0. The van der Waals surface area contributed by atoms with Crippen molar-refractivity contribution < 1.29 is 13.7 Å². The zero-order valence-electron chi connectivity index (χ0n) is 7.58. The molecule has 2 aromatic rings. The van der Waals surface area contributed by atoms with Gasteiger partial charge in [-0.15, -0.1) is 0 Å². The maximum atomic E-state index is 12.7. The van der Waals surface area contributed by atoms with E-state index in [9.17, 15) is 18.9 Å². The Morgan fingerprint density at radius 2 is 2.19 bits per heavy atom. The minimum Gasteiger partial charge on any atom is -0.336 e. The molecule has 1 aromatic carbocycles. The third-order valence-electron chi connectivity index (χ3n) is 1.94. The highest BCUT2D eigenvalue weighted by Gasteiger charge is 2.32. The number of alkyl halides is 3. The van der Waals surface area contributed by atoms with E-state index in [-0.39, 0.29) is 16.7 Å². The Bertz CT molecular complexity index is 564. The third kappa shape index (κ3) is 1.81. The number of fused-ring (bicyclic) bond motifs is 1.